The van der Waals surface area contributed by atoms with E-state index in [4.69, 9.17) is 19.2 Å². The second-order valence-electron chi connectivity index (χ2n) is 7.73. The van der Waals surface area contributed by atoms with Crippen LogP contribution < -0.4 is 14.8 Å². The average Bonchev–Trinajstić information content (AvgIpc) is 3.30. The van der Waals surface area contributed by atoms with Gasteiger partial charge < -0.3 is 24.1 Å². The Morgan fingerprint density at radius 3 is 2.81 bits per heavy atom. The van der Waals surface area contributed by atoms with Crippen molar-refractivity contribution in [3.8, 4) is 22.8 Å². The molecule has 3 heterocycles. The Bertz CT molecular complexity index is 798. The second-order valence-corrected chi connectivity index (χ2v) is 7.73. The minimum Gasteiger partial charge on any atom is -0.490 e. The van der Waals surface area contributed by atoms with E-state index in [0.29, 0.717) is 25.9 Å². The predicted octanol–water partition coefficient (Wildman–Crippen LogP) is 3.14. The highest BCUT2D eigenvalue weighted by molar-refractivity contribution is 5.64. The van der Waals surface area contributed by atoms with Crippen molar-refractivity contribution in [3.05, 3.63) is 30.2 Å². The normalized spacial score (nSPS) is 22.4. The standard InChI is InChI=1S/C21H27N3O3/c1-2-5-16(4-1)22-11-17-12-24-13-18(23-21(24)14-27-17)15-6-7-19-20(10-15)26-9-3-8-25-19/h6-7,10,13,16-17,22H,1-5,8-9,11-12,14H2/t17-/m0/s1. The zero-order valence-corrected chi connectivity index (χ0v) is 15.7. The van der Waals surface area contributed by atoms with Crippen LogP contribution in [0.25, 0.3) is 11.3 Å². The summed E-state index contributed by atoms with van der Waals surface area (Å²) in [7, 11) is 0. The van der Waals surface area contributed by atoms with E-state index in [2.05, 4.69) is 22.1 Å². The third kappa shape index (κ3) is 3.69. The third-order valence-electron chi connectivity index (χ3n) is 5.74. The predicted molar refractivity (Wildman–Crippen MR) is 102 cm³/mol. The molecule has 1 fully saturated rings. The average molecular weight is 369 g/mol. The van der Waals surface area contributed by atoms with E-state index < -0.39 is 0 Å². The maximum absolute atomic E-state index is 6.03. The quantitative estimate of drug-likeness (QED) is 0.897. The molecule has 144 valence electrons. The van der Waals surface area contributed by atoms with Crippen LogP contribution in [0.4, 0.5) is 0 Å². The van der Waals surface area contributed by atoms with Crippen molar-refractivity contribution in [2.75, 3.05) is 19.8 Å². The second kappa shape index (κ2) is 7.52. The van der Waals surface area contributed by atoms with E-state index in [0.717, 1.165) is 48.1 Å². The highest BCUT2D eigenvalue weighted by Gasteiger charge is 2.23. The lowest BCUT2D eigenvalue weighted by molar-refractivity contribution is 0.00158. The van der Waals surface area contributed by atoms with Crippen LogP contribution in [-0.4, -0.2) is 41.5 Å². The number of nitrogens with one attached hydrogen (secondary N) is 1. The molecule has 0 saturated heterocycles. The van der Waals surface area contributed by atoms with E-state index in [-0.39, 0.29) is 6.10 Å². The van der Waals surface area contributed by atoms with Crippen molar-refractivity contribution in [2.45, 2.75) is 57.4 Å². The SMILES string of the molecule is c1cc2c(cc1-c1cn3c(n1)CO[C@@H](CNC1CCCC1)C3)OCCCO2. The van der Waals surface area contributed by atoms with E-state index in [9.17, 15) is 0 Å². The van der Waals surface area contributed by atoms with Gasteiger partial charge in [-0.1, -0.05) is 12.8 Å². The smallest absolute Gasteiger partial charge is 0.161 e. The van der Waals surface area contributed by atoms with Gasteiger partial charge in [0, 0.05) is 30.8 Å². The summed E-state index contributed by atoms with van der Waals surface area (Å²) in [5.41, 5.74) is 2.02. The lowest BCUT2D eigenvalue weighted by Crippen LogP contribution is -2.39. The molecule has 0 radical (unpaired) electrons. The van der Waals surface area contributed by atoms with Gasteiger partial charge in [-0.2, -0.15) is 0 Å². The molecule has 1 saturated carbocycles. The lowest BCUT2D eigenvalue weighted by Gasteiger charge is -2.26. The topological polar surface area (TPSA) is 57.5 Å². The van der Waals surface area contributed by atoms with Crippen LogP contribution in [-0.2, 0) is 17.9 Å². The maximum atomic E-state index is 6.03. The molecule has 1 aromatic heterocycles. The van der Waals surface area contributed by atoms with Crippen molar-refractivity contribution >= 4 is 0 Å². The molecule has 6 nitrogen and oxygen atoms in total. The van der Waals surface area contributed by atoms with Gasteiger partial charge in [-0.25, -0.2) is 4.98 Å². The summed E-state index contributed by atoms with van der Waals surface area (Å²) >= 11 is 0. The van der Waals surface area contributed by atoms with Crippen molar-refractivity contribution in [3.63, 3.8) is 0 Å². The van der Waals surface area contributed by atoms with E-state index in [1.54, 1.807) is 0 Å². The van der Waals surface area contributed by atoms with Crippen LogP contribution in [0.3, 0.4) is 0 Å². The number of imidazole rings is 1. The summed E-state index contributed by atoms with van der Waals surface area (Å²) in [6.07, 6.45) is 8.58. The van der Waals surface area contributed by atoms with Gasteiger partial charge in [0.05, 0.1) is 31.6 Å². The van der Waals surface area contributed by atoms with Crippen LogP contribution >= 0.6 is 0 Å². The summed E-state index contributed by atoms with van der Waals surface area (Å²) in [6, 6.07) is 6.76. The van der Waals surface area contributed by atoms with Crippen LogP contribution in [0.2, 0.25) is 0 Å². The van der Waals surface area contributed by atoms with Gasteiger partial charge in [0.1, 0.15) is 12.4 Å². The fraction of sp³-hybridized carbons (Fsp3) is 0.571. The maximum Gasteiger partial charge on any atom is 0.161 e. The monoisotopic (exact) mass is 369 g/mol. The van der Waals surface area contributed by atoms with Gasteiger partial charge in [0.2, 0.25) is 0 Å². The van der Waals surface area contributed by atoms with Crippen molar-refractivity contribution < 1.29 is 14.2 Å². The summed E-state index contributed by atoms with van der Waals surface area (Å²) in [4.78, 5) is 4.79. The number of aromatic nitrogens is 2. The molecule has 1 N–H and O–H groups in total. The molecule has 0 unspecified atom stereocenters. The highest BCUT2D eigenvalue weighted by atomic mass is 16.5. The van der Waals surface area contributed by atoms with Gasteiger partial charge in [-0.3, -0.25) is 0 Å². The van der Waals surface area contributed by atoms with Crippen molar-refractivity contribution in [2.24, 2.45) is 0 Å². The number of ether oxygens (including phenoxy) is 3. The van der Waals surface area contributed by atoms with Gasteiger partial charge in [0.15, 0.2) is 11.5 Å². The van der Waals surface area contributed by atoms with Gasteiger partial charge in [-0.15, -0.1) is 0 Å². The van der Waals surface area contributed by atoms with E-state index >= 15 is 0 Å². The van der Waals surface area contributed by atoms with Crippen molar-refractivity contribution in [1.29, 1.82) is 0 Å². The summed E-state index contributed by atoms with van der Waals surface area (Å²) in [6.45, 7) is 3.74. The highest BCUT2D eigenvalue weighted by Crippen LogP contribution is 2.34. The molecular weight excluding hydrogens is 342 g/mol. The first kappa shape index (κ1) is 17.1. The van der Waals surface area contributed by atoms with Gasteiger partial charge in [0.25, 0.3) is 0 Å². The van der Waals surface area contributed by atoms with Crippen LogP contribution in [0.5, 0.6) is 11.5 Å². The fourth-order valence-electron chi connectivity index (χ4n) is 4.21. The summed E-state index contributed by atoms with van der Waals surface area (Å²) < 4.78 is 19.8. The number of nitrogens with zero attached hydrogens (tertiary/aromatic N) is 2. The zero-order valence-electron chi connectivity index (χ0n) is 15.7. The molecule has 27 heavy (non-hydrogen) atoms. The first-order chi connectivity index (χ1) is 13.3. The molecule has 1 aliphatic carbocycles. The Balaban J connectivity index is 1.29. The molecular formula is C21H27N3O3. The van der Waals surface area contributed by atoms with E-state index in [1.165, 1.54) is 25.7 Å². The molecule has 6 heteroatoms. The molecule has 2 aliphatic heterocycles. The largest absolute Gasteiger partial charge is 0.490 e. The summed E-state index contributed by atoms with van der Waals surface area (Å²) in [5, 5.41) is 3.67. The third-order valence-corrected chi connectivity index (χ3v) is 5.74. The Morgan fingerprint density at radius 2 is 1.93 bits per heavy atom. The molecule has 0 amide bonds. The number of rotatable bonds is 4. The molecule has 1 aromatic carbocycles. The van der Waals surface area contributed by atoms with Gasteiger partial charge >= 0.3 is 0 Å². The van der Waals surface area contributed by atoms with E-state index in [1.807, 2.05) is 12.1 Å². The molecule has 0 spiro atoms. The molecule has 0 bridgehead atoms. The number of hydrogen-bond donors (Lipinski definition) is 1. The van der Waals surface area contributed by atoms with Gasteiger partial charge in [-0.05, 0) is 31.0 Å². The summed E-state index contributed by atoms with van der Waals surface area (Å²) in [5.74, 6) is 2.63. The Hall–Kier alpha value is -2.05. The molecule has 3 aliphatic rings. The first-order valence-corrected chi connectivity index (χ1v) is 10.2. The Morgan fingerprint density at radius 1 is 1.07 bits per heavy atom. The molecule has 1 atom stereocenters. The first-order valence-electron chi connectivity index (χ1n) is 10.2. The number of fused-ring (bicyclic) bond motifs is 2. The number of benzene rings is 1. The fourth-order valence-corrected chi connectivity index (χ4v) is 4.21. The number of hydrogen-bond acceptors (Lipinski definition) is 5. The zero-order chi connectivity index (χ0) is 18.1. The lowest BCUT2D eigenvalue weighted by atomic mass is 10.1. The van der Waals surface area contributed by atoms with Crippen LogP contribution in [0.1, 0.15) is 37.9 Å². The molecule has 5 rings (SSSR count). The minimum atomic E-state index is 0.212. The van der Waals surface area contributed by atoms with Crippen LogP contribution in [0.15, 0.2) is 24.4 Å². The van der Waals surface area contributed by atoms with Crippen LogP contribution in [0, 0.1) is 0 Å². The minimum absolute atomic E-state index is 0.212. The molecule has 2 aromatic rings. The Labute approximate surface area is 159 Å². The van der Waals surface area contributed by atoms with Crippen molar-refractivity contribution in [1.82, 2.24) is 14.9 Å². The Kier molecular flexibility index (Phi) is 4.76.